The van der Waals surface area contributed by atoms with Crippen molar-refractivity contribution in [1.82, 2.24) is 4.31 Å². The van der Waals surface area contributed by atoms with Crippen LogP contribution in [0, 0.1) is 0 Å². The molecule has 0 spiro atoms. The molecule has 17 heavy (non-hydrogen) atoms. The number of amides is 1. The fourth-order valence-corrected chi connectivity index (χ4v) is 2.42. The Morgan fingerprint density at radius 3 is 2.24 bits per heavy atom. The van der Waals surface area contributed by atoms with Gasteiger partial charge in [-0.2, -0.15) is 0 Å². The third-order valence-corrected chi connectivity index (χ3v) is 3.63. The van der Waals surface area contributed by atoms with Gasteiger partial charge in [0, 0.05) is 12.6 Å². The summed E-state index contributed by atoms with van der Waals surface area (Å²) in [5, 5.41) is -0.594. The van der Waals surface area contributed by atoms with E-state index in [2.05, 4.69) is 0 Å². The highest BCUT2D eigenvalue weighted by Gasteiger charge is 2.32. The molecule has 0 bridgehead atoms. The van der Waals surface area contributed by atoms with Gasteiger partial charge in [-0.3, -0.25) is 13.9 Å². The summed E-state index contributed by atoms with van der Waals surface area (Å²) in [4.78, 5) is 23.2. The number of hydrogen-bond donors (Lipinski definition) is 0. The molecule has 1 aromatic carbocycles. The Labute approximate surface area is 110 Å². The zero-order valence-electron chi connectivity index (χ0n) is 9.94. The van der Waals surface area contributed by atoms with Crippen molar-refractivity contribution in [3.63, 3.8) is 0 Å². The van der Waals surface area contributed by atoms with E-state index in [1.807, 2.05) is 18.2 Å². The summed E-state index contributed by atoms with van der Waals surface area (Å²) in [6.45, 7) is 3.53. The molecule has 5 heteroatoms. The SMILES string of the molecule is CN(SC(C)(C)C(=O)c1ccccc1)C(=O)Cl. The number of Topliss-reactive ketones (excluding diaryl/α,β-unsaturated/α-hetero) is 1. The Morgan fingerprint density at radius 1 is 1.24 bits per heavy atom. The Bertz CT molecular complexity index is 420. The lowest BCUT2D eigenvalue weighted by Crippen LogP contribution is -2.32. The lowest BCUT2D eigenvalue weighted by molar-refractivity contribution is 0.0957. The second-order valence-corrected chi connectivity index (χ2v) is 6.12. The summed E-state index contributed by atoms with van der Waals surface area (Å²) < 4.78 is 0.517. The van der Waals surface area contributed by atoms with E-state index in [0.717, 1.165) is 11.9 Å². The molecule has 1 rings (SSSR count). The first-order valence-electron chi connectivity index (χ1n) is 5.07. The zero-order chi connectivity index (χ0) is 13.1. The van der Waals surface area contributed by atoms with Gasteiger partial charge in [0.25, 0.3) is 0 Å². The predicted molar refractivity (Wildman–Crippen MR) is 71.5 cm³/mol. The molecule has 0 heterocycles. The lowest BCUT2D eigenvalue weighted by Gasteiger charge is -2.26. The summed E-state index contributed by atoms with van der Waals surface area (Å²) in [6, 6.07) is 8.99. The monoisotopic (exact) mass is 271 g/mol. The maximum atomic E-state index is 12.2. The van der Waals surface area contributed by atoms with Crippen LogP contribution in [-0.4, -0.2) is 27.2 Å². The number of ketones is 1. The number of rotatable bonds is 4. The smallest absolute Gasteiger partial charge is 0.293 e. The van der Waals surface area contributed by atoms with Crippen molar-refractivity contribution in [2.24, 2.45) is 0 Å². The van der Waals surface area contributed by atoms with Crippen molar-refractivity contribution in [3.05, 3.63) is 35.9 Å². The van der Waals surface area contributed by atoms with Crippen molar-refractivity contribution in [1.29, 1.82) is 0 Å². The van der Waals surface area contributed by atoms with Gasteiger partial charge in [-0.25, -0.2) is 0 Å². The number of hydrogen-bond acceptors (Lipinski definition) is 3. The van der Waals surface area contributed by atoms with Crippen LogP contribution in [0.2, 0.25) is 0 Å². The molecule has 0 saturated heterocycles. The second-order valence-electron chi connectivity index (χ2n) is 4.05. The second kappa shape index (κ2) is 5.56. The van der Waals surface area contributed by atoms with Crippen LogP contribution in [0.4, 0.5) is 4.79 Å². The van der Waals surface area contributed by atoms with Gasteiger partial charge in [-0.05, 0) is 37.4 Å². The minimum absolute atomic E-state index is 0.0344. The van der Waals surface area contributed by atoms with Crippen molar-refractivity contribution in [2.45, 2.75) is 18.6 Å². The van der Waals surface area contributed by atoms with Crippen molar-refractivity contribution < 1.29 is 9.59 Å². The first kappa shape index (κ1) is 14.1. The van der Waals surface area contributed by atoms with Gasteiger partial charge in [0.1, 0.15) is 0 Å². The molecule has 1 amide bonds. The third kappa shape index (κ3) is 3.75. The van der Waals surface area contributed by atoms with E-state index in [4.69, 9.17) is 11.6 Å². The fourth-order valence-electron chi connectivity index (χ4n) is 1.36. The summed E-state index contributed by atoms with van der Waals surface area (Å²) >= 11 is 6.46. The molecule has 0 saturated carbocycles. The van der Waals surface area contributed by atoms with Gasteiger partial charge in [0.15, 0.2) is 5.78 Å². The number of halogens is 1. The molecule has 0 unspecified atom stereocenters. The van der Waals surface area contributed by atoms with Gasteiger partial charge < -0.3 is 0 Å². The zero-order valence-corrected chi connectivity index (χ0v) is 11.5. The molecule has 0 N–H and O–H groups in total. The molecule has 0 aliphatic heterocycles. The van der Waals surface area contributed by atoms with E-state index in [9.17, 15) is 9.59 Å². The van der Waals surface area contributed by atoms with Crippen LogP contribution in [0.25, 0.3) is 0 Å². The number of nitrogens with zero attached hydrogens (tertiary/aromatic N) is 1. The van der Waals surface area contributed by atoms with Crippen LogP contribution in [0.3, 0.4) is 0 Å². The maximum Gasteiger partial charge on any atom is 0.326 e. The van der Waals surface area contributed by atoms with Gasteiger partial charge in [-0.15, -0.1) is 0 Å². The number of carbonyl (C=O) groups excluding carboxylic acids is 2. The standard InChI is InChI=1S/C12H14ClNO2S/c1-12(2,17-14(3)11(13)16)10(15)9-7-5-4-6-8-9/h4-8H,1-3H3. The summed E-state index contributed by atoms with van der Waals surface area (Å²) in [5.74, 6) is -0.0344. The molecular weight excluding hydrogens is 258 g/mol. The molecule has 92 valence electrons. The van der Waals surface area contributed by atoms with E-state index < -0.39 is 10.1 Å². The molecule has 0 aliphatic rings. The van der Waals surface area contributed by atoms with Crippen LogP contribution in [0.1, 0.15) is 24.2 Å². The average Bonchev–Trinajstić information content (AvgIpc) is 2.28. The summed E-state index contributed by atoms with van der Waals surface area (Å²) in [5.41, 5.74) is 0.625. The van der Waals surface area contributed by atoms with E-state index >= 15 is 0 Å². The molecule has 3 nitrogen and oxygen atoms in total. The van der Waals surface area contributed by atoms with Crippen molar-refractivity contribution in [3.8, 4) is 0 Å². The van der Waals surface area contributed by atoms with E-state index in [-0.39, 0.29) is 5.78 Å². The molecule has 0 atom stereocenters. The Balaban J connectivity index is 2.84. The van der Waals surface area contributed by atoms with Crippen molar-refractivity contribution in [2.75, 3.05) is 7.05 Å². The van der Waals surface area contributed by atoms with Crippen LogP contribution < -0.4 is 0 Å². The highest BCUT2D eigenvalue weighted by atomic mass is 35.5. The summed E-state index contributed by atoms with van der Waals surface area (Å²) in [6.07, 6.45) is 0. The van der Waals surface area contributed by atoms with Crippen LogP contribution >= 0.6 is 23.5 Å². The number of benzene rings is 1. The van der Waals surface area contributed by atoms with Gasteiger partial charge >= 0.3 is 5.37 Å². The van der Waals surface area contributed by atoms with Gasteiger partial charge in [0.2, 0.25) is 0 Å². The van der Waals surface area contributed by atoms with Crippen LogP contribution in [0.5, 0.6) is 0 Å². The fraction of sp³-hybridized carbons (Fsp3) is 0.333. The van der Waals surface area contributed by atoms with Gasteiger partial charge in [0.05, 0.1) is 4.75 Å². The number of carbonyl (C=O) groups is 2. The van der Waals surface area contributed by atoms with Crippen LogP contribution in [0.15, 0.2) is 30.3 Å². The molecule has 0 aromatic heterocycles. The maximum absolute atomic E-state index is 12.2. The van der Waals surface area contributed by atoms with E-state index in [1.165, 1.54) is 4.31 Å². The lowest BCUT2D eigenvalue weighted by atomic mass is 10.0. The minimum atomic E-state index is -0.735. The van der Waals surface area contributed by atoms with Crippen LogP contribution in [-0.2, 0) is 0 Å². The normalized spacial score (nSPS) is 11.1. The molecule has 0 fully saturated rings. The summed E-state index contributed by atoms with van der Waals surface area (Å²) in [7, 11) is 1.54. The largest absolute Gasteiger partial charge is 0.326 e. The minimum Gasteiger partial charge on any atom is -0.293 e. The third-order valence-electron chi connectivity index (χ3n) is 2.20. The predicted octanol–water partition coefficient (Wildman–Crippen LogP) is 3.59. The molecule has 1 aromatic rings. The molecule has 0 radical (unpaired) electrons. The highest BCUT2D eigenvalue weighted by Crippen LogP contribution is 2.31. The quantitative estimate of drug-likeness (QED) is 0.363. The van der Waals surface area contributed by atoms with E-state index in [0.29, 0.717) is 5.56 Å². The van der Waals surface area contributed by atoms with E-state index in [1.54, 1.807) is 33.0 Å². The Hall–Kier alpha value is -1.00. The highest BCUT2D eigenvalue weighted by molar-refractivity contribution is 7.99. The molecule has 0 aliphatic carbocycles. The average molecular weight is 272 g/mol. The first-order chi connectivity index (χ1) is 7.84. The van der Waals surface area contributed by atoms with Gasteiger partial charge in [-0.1, -0.05) is 30.3 Å². The topological polar surface area (TPSA) is 37.4 Å². The Morgan fingerprint density at radius 2 is 1.76 bits per heavy atom. The van der Waals surface area contributed by atoms with Crippen molar-refractivity contribution >= 4 is 34.7 Å². The molecular formula is C12H14ClNO2S. The Kier molecular flexibility index (Phi) is 4.60. The first-order valence-corrected chi connectivity index (χ1v) is 6.22.